The molecule has 122 valence electrons. The van der Waals surface area contributed by atoms with Crippen LogP contribution in [-0.2, 0) is 4.79 Å². The Labute approximate surface area is 139 Å². The number of nitrogens with one attached hydrogen (secondary N) is 1. The van der Waals surface area contributed by atoms with Gasteiger partial charge in [-0.15, -0.1) is 0 Å². The third kappa shape index (κ3) is 3.93. The summed E-state index contributed by atoms with van der Waals surface area (Å²) >= 11 is 0. The van der Waals surface area contributed by atoms with E-state index in [2.05, 4.69) is 15.2 Å². The lowest BCUT2D eigenvalue weighted by atomic mass is 10.1. The molecule has 2 aromatic rings. The summed E-state index contributed by atoms with van der Waals surface area (Å²) in [6.45, 7) is 3.90. The monoisotopic (exact) mass is 323 g/mol. The van der Waals surface area contributed by atoms with E-state index >= 15 is 0 Å². The molecule has 0 aliphatic heterocycles. The Morgan fingerprint density at radius 2 is 2.25 bits per heavy atom. The smallest absolute Gasteiger partial charge is 0.223 e. The van der Waals surface area contributed by atoms with Crippen LogP contribution < -0.4 is 4.90 Å². The summed E-state index contributed by atoms with van der Waals surface area (Å²) in [7, 11) is 0. The predicted molar refractivity (Wildman–Crippen MR) is 90.5 cm³/mol. The van der Waals surface area contributed by atoms with Gasteiger partial charge in [0.2, 0.25) is 5.91 Å². The van der Waals surface area contributed by atoms with Gasteiger partial charge in [0.05, 0.1) is 6.20 Å². The van der Waals surface area contributed by atoms with E-state index < -0.39 is 0 Å². The Balaban J connectivity index is 2.10. The number of amides is 1. The topological polar surface area (TPSA) is 102 Å². The van der Waals surface area contributed by atoms with Crippen LogP contribution in [0.3, 0.4) is 0 Å². The van der Waals surface area contributed by atoms with Crippen LogP contribution >= 0.6 is 0 Å². The van der Waals surface area contributed by atoms with Crippen molar-refractivity contribution in [2.75, 3.05) is 11.4 Å². The fraction of sp³-hybridized carbons (Fsp3) is 0.235. The number of benzene rings is 1. The minimum absolute atomic E-state index is 0.0769. The van der Waals surface area contributed by atoms with Crippen molar-refractivity contribution in [3.8, 4) is 6.07 Å². The molecule has 1 aromatic heterocycles. The fourth-order valence-electron chi connectivity index (χ4n) is 2.23. The highest BCUT2D eigenvalue weighted by molar-refractivity contribution is 6.05. The largest absolute Gasteiger partial charge is 0.313 e. The van der Waals surface area contributed by atoms with Crippen molar-refractivity contribution in [2.24, 2.45) is 4.99 Å². The first kappa shape index (κ1) is 17.1. The van der Waals surface area contributed by atoms with Crippen molar-refractivity contribution in [3.63, 3.8) is 0 Å². The van der Waals surface area contributed by atoms with Crippen LogP contribution in [0.5, 0.6) is 0 Å². The average Bonchev–Trinajstić information content (AvgIpc) is 3.03. The molecule has 0 atom stereocenters. The van der Waals surface area contributed by atoms with Crippen LogP contribution in [0.4, 0.5) is 11.5 Å². The van der Waals surface area contributed by atoms with Gasteiger partial charge >= 0.3 is 0 Å². The van der Waals surface area contributed by atoms with Crippen LogP contribution in [0.15, 0.2) is 35.5 Å². The molecule has 0 bridgehead atoms. The second-order valence-electron chi connectivity index (χ2n) is 5.00. The molecule has 0 saturated carbocycles. The number of carbonyl (C=O) groups excluding carboxylic acids is 2. The molecule has 1 amide bonds. The van der Waals surface area contributed by atoms with Gasteiger partial charge in [-0.25, -0.2) is 4.99 Å². The van der Waals surface area contributed by atoms with Gasteiger partial charge in [-0.2, -0.15) is 10.4 Å². The number of aromatic amines is 1. The maximum atomic E-state index is 12.3. The molecule has 0 saturated heterocycles. The van der Waals surface area contributed by atoms with Gasteiger partial charge in [-0.05, 0) is 19.1 Å². The first-order valence-electron chi connectivity index (χ1n) is 7.44. The lowest BCUT2D eigenvalue weighted by Gasteiger charge is -2.19. The molecule has 24 heavy (non-hydrogen) atoms. The van der Waals surface area contributed by atoms with E-state index in [1.165, 1.54) is 19.3 Å². The zero-order chi connectivity index (χ0) is 17.5. The highest BCUT2D eigenvalue weighted by Gasteiger charge is 2.12. The third-order valence-corrected chi connectivity index (χ3v) is 3.41. The number of ketones is 1. The summed E-state index contributed by atoms with van der Waals surface area (Å²) in [5.41, 5.74) is 1.51. The maximum absolute atomic E-state index is 12.3. The van der Waals surface area contributed by atoms with E-state index in [9.17, 15) is 9.59 Å². The van der Waals surface area contributed by atoms with E-state index in [0.717, 1.165) is 0 Å². The SMILES string of the molecule is CCN(C(C)=O)c1cccc(C(=O)C/C=N/c2[nH]ncc2C#N)c1. The Morgan fingerprint density at radius 1 is 1.46 bits per heavy atom. The van der Waals surface area contributed by atoms with Crippen LogP contribution in [0.1, 0.15) is 36.2 Å². The number of H-pyrrole nitrogens is 1. The first-order chi connectivity index (χ1) is 11.6. The lowest BCUT2D eigenvalue weighted by Crippen LogP contribution is -2.28. The number of nitriles is 1. The zero-order valence-corrected chi connectivity index (χ0v) is 13.5. The number of anilines is 1. The van der Waals surface area contributed by atoms with E-state index in [0.29, 0.717) is 29.2 Å². The molecule has 1 aromatic carbocycles. The highest BCUT2D eigenvalue weighted by atomic mass is 16.2. The van der Waals surface area contributed by atoms with E-state index in [1.807, 2.05) is 13.0 Å². The molecule has 2 rings (SSSR count). The van der Waals surface area contributed by atoms with Gasteiger partial charge in [-0.3, -0.25) is 14.7 Å². The molecule has 0 spiro atoms. The summed E-state index contributed by atoms with van der Waals surface area (Å²) in [5.74, 6) is 0.123. The van der Waals surface area contributed by atoms with Gasteiger partial charge in [0.25, 0.3) is 0 Å². The molecule has 1 N–H and O–H groups in total. The second-order valence-corrected chi connectivity index (χ2v) is 5.00. The molecule has 0 aliphatic carbocycles. The van der Waals surface area contributed by atoms with Crippen LogP contribution in [0.2, 0.25) is 0 Å². The van der Waals surface area contributed by atoms with Gasteiger partial charge in [0, 0.05) is 37.4 Å². The van der Waals surface area contributed by atoms with Crippen molar-refractivity contribution in [1.82, 2.24) is 10.2 Å². The van der Waals surface area contributed by atoms with Crippen molar-refractivity contribution in [3.05, 3.63) is 41.6 Å². The normalized spacial score (nSPS) is 10.5. The Hall–Kier alpha value is -3.27. The number of aromatic nitrogens is 2. The summed E-state index contributed by atoms with van der Waals surface area (Å²) < 4.78 is 0. The molecular formula is C17H17N5O2. The standard InChI is InChI=1S/C17H17N5O2/c1-3-22(12(2)23)15-6-4-5-13(9-15)16(24)7-8-19-17-14(10-18)11-20-21-17/h4-6,8-9,11H,3,7H2,1-2H3,(H,20,21)/b19-8+. The molecule has 0 unspecified atom stereocenters. The number of rotatable bonds is 6. The van der Waals surface area contributed by atoms with E-state index in [1.54, 1.807) is 29.2 Å². The quantitative estimate of drug-likeness (QED) is 0.652. The van der Waals surface area contributed by atoms with E-state index in [-0.39, 0.29) is 18.1 Å². The summed E-state index contributed by atoms with van der Waals surface area (Å²) in [6.07, 6.45) is 2.89. The van der Waals surface area contributed by atoms with Crippen molar-refractivity contribution in [2.45, 2.75) is 20.3 Å². The average molecular weight is 323 g/mol. The Bertz CT molecular complexity index is 816. The summed E-state index contributed by atoms with van der Waals surface area (Å²) in [6, 6.07) is 8.88. The number of hydrogen-bond acceptors (Lipinski definition) is 5. The van der Waals surface area contributed by atoms with E-state index in [4.69, 9.17) is 5.26 Å². The van der Waals surface area contributed by atoms with Crippen molar-refractivity contribution < 1.29 is 9.59 Å². The number of hydrogen-bond donors (Lipinski definition) is 1. The number of nitrogens with zero attached hydrogens (tertiary/aromatic N) is 4. The van der Waals surface area contributed by atoms with Crippen molar-refractivity contribution in [1.29, 1.82) is 5.26 Å². The van der Waals surface area contributed by atoms with Crippen LogP contribution in [0.25, 0.3) is 0 Å². The maximum Gasteiger partial charge on any atom is 0.223 e. The number of carbonyl (C=O) groups is 2. The summed E-state index contributed by atoms with van der Waals surface area (Å²) in [4.78, 5) is 29.5. The molecule has 0 radical (unpaired) electrons. The molecule has 1 heterocycles. The molecule has 0 aliphatic rings. The molecular weight excluding hydrogens is 306 g/mol. The first-order valence-corrected chi connectivity index (χ1v) is 7.44. The number of aliphatic imine (C=N–C) groups is 1. The highest BCUT2D eigenvalue weighted by Crippen LogP contribution is 2.18. The Kier molecular flexibility index (Phi) is 5.58. The second kappa shape index (κ2) is 7.83. The van der Waals surface area contributed by atoms with Crippen LogP contribution in [0, 0.1) is 11.3 Å². The molecule has 7 nitrogen and oxygen atoms in total. The summed E-state index contributed by atoms with van der Waals surface area (Å²) in [5, 5.41) is 15.2. The van der Waals surface area contributed by atoms with Gasteiger partial charge in [0.15, 0.2) is 11.6 Å². The minimum Gasteiger partial charge on any atom is -0.313 e. The van der Waals surface area contributed by atoms with Gasteiger partial charge in [0.1, 0.15) is 11.6 Å². The van der Waals surface area contributed by atoms with Gasteiger partial charge < -0.3 is 4.90 Å². The molecule has 7 heteroatoms. The van der Waals surface area contributed by atoms with Crippen LogP contribution in [-0.4, -0.2) is 34.6 Å². The lowest BCUT2D eigenvalue weighted by molar-refractivity contribution is -0.116. The zero-order valence-electron chi connectivity index (χ0n) is 13.5. The minimum atomic E-state index is -0.127. The third-order valence-electron chi connectivity index (χ3n) is 3.41. The number of Topliss-reactive ketones (excluding diaryl/α,β-unsaturated/α-hetero) is 1. The Morgan fingerprint density at radius 3 is 2.92 bits per heavy atom. The molecule has 0 fully saturated rings. The predicted octanol–water partition coefficient (Wildman–Crippen LogP) is 2.63. The van der Waals surface area contributed by atoms with Gasteiger partial charge in [-0.1, -0.05) is 12.1 Å². The fourth-order valence-corrected chi connectivity index (χ4v) is 2.23. The van der Waals surface area contributed by atoms with Crippen molar-refractivity contribution >= 4 is 29.4 Å².